The number of hydrogen-bond donors (Lipinski definition) is 1. The molecule has 6 nitrogen and oxygen atoms in total. The summed E-state index contributed by atoms with van der Waals surface area (Å²) in [6.45, 7) is 0.195. The molecule has 1 aliphatic heterocycles. The predicted octanol–water partition coefficient (Wildman–Crippen LogP) is 4.36. The van der Waals surface area contributed by atoms with Gasteiger partial charge in [0.15, 0.2) is 5.17 Å². The monoisotopic (exact) mass is 429 g/mol. The molecule has 150 valence electrons. The quantitative estimate of drug-likeness (QED) is 0.688. The zero-order valence-electron chi connectivity index (χ0n) is 16.0. The number of amides is 1. The Morgan fingerprint density at radius 3 is 2.31 bits per heavy atom. The number of aliphatic imine (C=N–C) groups is 1. The lowest BCUT2D eigenvalue weighted by Gasteiger charge is -2.23. The maximum absolute atomic E-state index is 12.4. The Morgan fingerprint density at radius 1 is 1.10 bits per heavy atom. The molecule has 3 rings (SSSR count). The summed E-state index contributed by atoms with van der Waals surface area (Å²) in [6.07, 6.45) is 1.71. The Morgan fingerprint density at radius 2 is 1.72 bits per heavy atom. The third kappa shape index (κ3) is 5.40. The molecule has 0 saturated heterocycles. The highest BCUT2D eigenvalue weighted by molar-refractivity contribution is 8.18. The number of benzene rings is 2. The summed E-state index contributed by atoms with van der Waals surface area (Å²) in [6, 6.07) is 14.8. The molecule has 1 N–H and O–H groups in total. The molecule has 1 amide bonds. The summed E-state index contributed by atoms with van der Waals surface area (Å²) in [7, 11) is 3.93. The van der Waals surface area contributed by atoms with Crippen LogP contribution in [0.1, 0.15) is 12.0 Å². The van der Waals surface area contributed by atoms with Crippen molar-refractivity contribution in [2.24, 2.45) is 4.99 Å². The van der Waals surface area contributed by atoms with Gasteiger partial charge in [-0.3, -0.25) is 9.59 Å². The second-order valence-corrected chi connectivity index (χ2v) is 8.01. The lowest BCUT2D eigenvalue weighted by atomic mass is 10.2. The van der Waals surface area contributed by atoms with Gasteiger partial charge in [-0.2, -0.15) is 4.99 Å². The number of carbonyl (C=O) groups excluding carboxylic acids is 1. The Labute approximate surface area is 178 Å². The van der Waals surface area contributed by atoms with Gasteiger partial charge in [0.2, 0.25) is 0 Å². The van der Waals surface area contributed by atoms with Gasteiger partial charge in [0.1, 0.15) is 0 Å². The molecule has 8 heteroatoms. The van der Waals surface area contributed by atoms with Gasteiger partial charge in [-0.05, 0) is 59.8 Å². The van der Waals surface area contributed by atoms with Crippen LogP contribution in [-0.2, 0) is 9.59 Å². The smallest absolute Gasteiger partial charge is 0.305 e. The molecule has 0 radical (unpaired) electrons. The molecule has 1 heterocycles. The standard InChI is InChI=1S/C21H20ClN3O3S/c1-24(2)16-7-3-14(4-8-16)13-18-20(28)23-21(29-18)25(12-11-19(26)27)17-9-5-15(22)6-10-17/h3-10,13H,11-12H2,1-2H3,(H,26,27)/b18-13-. The third-order valence-corrected chi connectivity index (χ3v) is 5.49. The lowest BCUT2D eigenvalue weighted by Crippen LogP contribution is -2.30. The highest BCUT2D eigenvalue weighted by Gasteiger charge is 2.27. The van der Waals surface area contributed by atoms with E-state index in [2.05, 4.69) is 4.99 Å². The topological polar surface area (TPSA) is 73.2 Å². The van der Waals surface area contributed by atoms with E-state index in [9.17, 15) is 9.59 Å². The van der Waals surface area contributed by atoms with Crippen LogP contribution in [0.3, 0.4) is 0 Å². The van der Waals surface area contributed by atoms with Gasteiger partial charge in [0.25, 0.3) is 5.91 Å². The van der Waals surface area contributed by atoms with E-state index in [1.807, 2.05) is 43.3 Å². The van der Waals surface area contributed by atoms with Crippen molar-refractivity contribution < 1.29 is 14.7 Å². The minimum absolute atomic E-state index is 0.0819. The summed E-state index contributed by atoms with van der Waals surface area (Å²) in [5, 5.41) is 10.1. The second-order valence-electron chi connectivity index (χ2n) is 6.57. The Balaban J connectivity index is 1.83. The number of amidine groups is 1. The van der Waals surface area contributed by atoms with Crippen LogP contribution in [0.2, 0.25) is 5.02 Å². The lowest BCUT2D eigenvalue weighted by molar-refractivity contribution is -0.136. The Kier molecular flexibility index (Phi) is 6.61. The molecular formula is C21H20ClN3O3S. The number of carbonyl (C=O) groups is 2. The molecular weight excluding hydrogens is 410 g/mol. The van der Waals surface area contributed by atoms with E-state index in [-0.39, 0.29) is 18.9 Å². The normalized spacial score (nSPS) is 14.8. The SMILES string of the molecule is CN(C)c1ccc(/C=C2\SC(N(CCC(=O)O)c3ccc(Cl)cc3)=NC2=O)cc1. The molecule has 0 atom stereocenters. The number of thioether (sulfide) groups is 1. The minimum Gasteiger partial charge on any atom is -0.481 e. The van der Waals surface area contributed by atoms with E-state index in [4.69, 9.17) is 16.7 Å². The van der Waals surface area contributed by atoms with Crippen LogP contribution in [0.15, 0.2) is 58.4 Å². The van der Waals surface area contributed by atoms with E-state index >= 15 is 0 Å². The highest BCUT2D eigenvalue weighted by Crippen LogP contribution is 2.33. The van der Waals surface area contributed by atoms with Crippen molar-refractivity contribution in [3.8, 4) is 0 Å². The molecule has 0 aromatic heterocycles. The number of carboxylic acids is 1. The number of rotatable bonds is 6. The number of hydrogen-bond acceptors (Lipinski definition) is 5. The van der Waals surface area contributed by atoms with Crippen LogP contribution < -0.4 is 9.80 Å². The van der Waals surface area contributed by atoms with Gasteiger partial charge < -0.3 is 14.9 Å². The van der Waals surface area contributed by atoms with E-state index in [1.54, 1.807) is 35.2 Å². The van der Waals surface area contributed by atoms with Crippen molar-refractivity contribution in [1.29, 1.82) is 0 Å². The van der Waals surface area contributed by atoms with Gasteiger partial charge in [0, 0.05) is 37.0 Å². The van der Waals surface area contributed by atoms with E-state index < -0.39 is 5.97 Å². The van der Waals surface area contributed by atoms with Crippen molar-refractivity contribution in [2.75, 3.05) is 30.4 Å². The maximum atomic E-state index is 12.4. The van der Waals surface area contributed by atoms with Crippen LogP contribution in [0.4, 0.5) is 11.4 Å². The first-order valence-electron chi connectivity index (χ1n) is 8.88. The maximum Gasteiger partial charge on any atom is 0.305 e. The molecule has 0 spiro atoms. The minimum atomic E-state index is -0.921. The number of aliphatic carboxylic acids is 1. The molecule has 2 aromatic rings. The number of anilines is 2. The van der Waals surface area contributed by atoms with Gasteiger partial charge in [0.05, 0.1) is 11.3 Å². The first-order chi connectivity index (χ1) is 13.8. The highest BCUT2D eigenvalue weighted by atomic mass is 35.5. The van der Waals surface area contributed by atoms with Crippen molar-refractivity contribution in [1.82, 2.24) is 0 Å². The Hall–Kier alpha value is -2.77. The zero-order chi connectivity index (χ0) is 21.0. The van der Waals surface area contributed by atoms with Gasteiger partial charge in [-0.25, -0.2) is 0 Å². The van der Waals surface area contributed by atoms with Gasteiger partial charge >= 0.3 is 5.97 Å². The van der Waals surface area contributed by atoms with E-state index in [0.29, 0.717) is 15.1 Å². The summed E-state index contributed by atoms with van der Waals surface area (Å²) in [5.41, 5.74) is 2.69. The fourth-order valence-corrected chi connectivity index (χ4v) is 3.78. The van der Waals surface area contributed by atoms with Crippen molar-refractivity contribution in [3.63, 3.8) is 0 Å². The summed E-state index contributed by atoms with van der Waals surface area (Å²) >= 11 is 7.19. The summed E-state index contributed by atoms with van der Waals surface area (Å²) in [5.74, 6) is -1.26. The molecule has 0 aliphatic carbocycles. The predicted molar refractivity (Wildman–Crippen MR) is 120 cm³/mol. The van der Waals surface area contributed by atoms with Crippen LogP contribution >= 0.6 is 23.4 Å². The van der Waals surface area contributed by atoms with E-state index in [0.717, 1.165) is 16.9 Å². The molecule has 0 unspecified atom stereocenters. The zero-order valence-corrected chi connectivity index (χ0v) is 17.6. The molecule has 29 heavy (non-hydrogen) atoms. The van der Waals surface area contributed by atoms with Crippen molar-refractivity contribution >= 4 is 57.9 Å². The fraction of sp³-hybridized carbons (Fsp3) is 0.190. The first kappa shape index (κ1) is 21.0. The number of halogens is 1. The number of nitrogens with zero attached hydrogens (tertiary/aromatic N) is 3. The summed E-state index contributed by atoms with van der Waals surface area (Å²) < 4.78 is 0. The van der Waals surface area contributed by atoms with Gasteiger partial charge in [-0.1, -0.05) is 23.7 Å². The van der Waals surface area contributed by atoms with Crippen LogP contribution in [0.25, 0.3) is 6.08 Å². The van der Waals surface area contributed by atoms with Crippen LogP contribution in [0.5, 0.6) is 0 Å². The first-order valence-corrected chi connectivity index (χ1v) is 10.1. The van der Waals surface area contributed by atoms with Crippen LogP contribution in [-0.4, -0.2) is 42.8 Å². The summed E-state index contributed by atoms with van der Waals surface area (Å²) in [4.78, 5) is 31.9. The van der Waals surface area contributed by atoms with Crippen LogP contribution in [0, 0.1) is 0 Å². The molecule has 0 saturated carbocycles. The molecule has 1 aliphatic rings. The third-order valence-electron chi connectivity index (χ3n) is 4.23. The average Bonchev–Trinajstić information content (AvgIpc) is 3.03. The molecule has 2 aromatic carbocycles. The molecule has 0 bridgehead atoms. The van der Waals surface area contributed by atoms with Crippen molar-refractivity contribution in [2.45, 2.75) is 6.42 Å². The number of carboxylic acid groups (broad SMARTS) is 1. The largest absolute Gasteiger partial charge is 0.481 e. The molecule has 0 fully saturated rings. The fourth-order valence-electron chi connectivity index (χ4n) is 2.70. The Bertz CT molecular complexity index is 970. The second kappa shape index (κ2) is 9.15. The van der Waals surface area contributed by atoms with E-state index in [1.165, 1.54) is 11.8 Å². The average molecular weight is 430 g/mol. The van der Waals surface area contributed by atoms with Gasteiger partial charge in [-0.15, -0.1) is 0 Å². The van der Waals surface area contributed by atoms with Crippen molar-refractivity contribution in [3.05, 3.63) is 64.0 Å².